The summed E-state index contributed by atoms with van der Waals surface area (Å²) in [5.74, 6) is 1.64. The average Bonchev–Trinajstić information content (AvgIpc) is 3.57. The van der Waals surface area contributed by atoms with E-state index in [0.717, 1.165) is 61.3 Å². The zero-order chi connectivity index (χ0) is 24.6. The van der Waals surface area contributed by atoms with Crippen LogP contribution in [0.1, 0.15) is 58.0 Å². The van der Waals surface area contributed by atoms with Crippen molar-refractivity contribution >= 4 is 23.8 Å². The molecule has 2 unspecified atom stereocenters. The Balaban J connectivity index is 1.09. The lowest BCUT2D eigenvalue weighted by atomic mass is 10.0. The van der Waals surface area contributed by atoms with Gasteiger partial charge in [-0.1, -0.05) is 0 Å². The number of fused-ring (bicyclic) bond motifs is 1. The minimum absolute atomic E-state index is 0.0193. The first kappa shape index (κ1) is 23.7. The molecule has 4 aliphatic rings. The van der Waals surface area contributed by atoms with Gasteiger partial charge in [-0.2, -0.15) is 0 Å². The maximum absolute atomic E-state index is 13.4. The molecule has 9 nitrogen and oxygen atoms in total. The molecule has 2 amide bonds. The topological polar surface area (TPSA) is 111 Å². The lowest BCUT2D eigenvalue weighted by molar-refractivity contribution is 0.0233. The first-order valence-electron chi connectivity index (χ1n) is 12.7. The van der Waals surface area contributed by atoms with Crippen LogP contribution in [0.2, 0.25) is 0 Å². The first-order valence-corrected chi connectivity index (χ1v) is 13.6. The normalized spacial score (nSPS) is 24.1. The van der Waals surface area contributed by atoms with E-state index >= 15 is 0 Å². The lowest BCUT2D eigenvalue weighted by Gasteiger charge is -2.24. The van der Waals surface area contributed by atoms with Gasteiger partial charge in [0.25, 0.3) is 11.8 Å². The van der Waals surface area contributed by atoms with Crippen molar-refractivity contribution in [3.63, 3.8) is 0 Å². The van der Waals surface area contributed by atoms with Gasteiger partial charge in [-0.15, -0.1) is 0 Å². The van der Waals surface area contributed by atoms with Gasteiger partial charge < -0.3 is 19.3 Å². The number of carbonyl (C=O) groups is 2. The molecule has 1 saturated carbocycles. The molecule has 36 heavy (non-hydrogen) atoms. The molecule has 2 atom stereocenters. The van der Waals surface area contributed by atoms with Gasteiger partial charge in [0.05, 0.1) is 18.8 Å². The van der Waals surface area contributed by atoms with E-state index in [-0.39, 0.29) is 29.8 Å². The third kappa shape index (κ3) is 4.81. The Hall–Kier alpha value is -2.69. The van der Waals surface area contributed by atoms with Crippen molar-refractivity contribution in [2.24, 2.45) is 17.0 Å². The van der Waals surface area contributed by atoms with Crippen molar-refractivity contribution in [1.82, 2.24) is 19.8 Å². The van der Waals surface area contributed by atoms with Crippen molar-refractivity contribution in [1.29, 1.82) is 0 Å². The molecule has 0 bridgehead atoms. The van der Waals surface area contributed by atoms with Crippen LogP contribution in [0.4, 0.5) is 0 Å². The highest BCUT2D eigenvalue weighted by molar-refractivity contribution is 7.97. The fourth-order valence-corrected chi connectivity index (χ4v) is 5.83. The molecule has 0 radical (unpaired) electrons. The molecular weight excluding hydrogens is 478 g/mol. The Morgan fingerprint density at radius 2 is 1.64 bits per heavy atom. The quantitative estimate of drug-likeness (QED) is 0.592. The van der Waals surface area contributed by atoms with Gasteiger partial charge in [-0.3, -0.25) is 14.7 Å². The predicted molar refractivity (Wildman–Crippen MR) is 134 cm³/mol. The summed E-state index contributed by atoms with van der Waals surface area (Å²) in [6.07, 6.45) is 7.39. The van der Waals surface area contributed by atoms with Gasteiger partial charge in [0.2, 0.25) is 5.88 Å². The summed E-state index contributed by atoms with van der Waals surface area (Å²) in [7, 11) is 0. The monoisotopic (exact) mass is 509 g/mol. The van der Waals surface area contributed by atoms with Crippen LogP contribution in [-0.2, 0) is 4.74 Å². The van der Waals surface area contributed by atoms with Gasteiger partial charge >= 0.3 is 0 Å². The number of hydrogen-bond acceptors (Lipinski definition) is 8. The molecule has 2 N–H and O–H groups in total. The number of carbonyl (C=O) groups excluding carboxylic acids is 2. The summed E-state index contributed by atoms with van der Waals surface area (Å²) in [4.78, 5) is 39.8. The number of likely N-dealkylation sites (tertiary alicyclic amines) is 2. The molecule has 3 saturated heterocycles. The number of ether oxygens (including phenoxy) is 2. The number of amides is 2. The van der Waals surface area contributed by atoms with Crippen LogP contribution in [0.5, 0.6) is 5.88 Å². The summed E-state index contributed by atoms with van der Waals surface area (Å²) in [6, 6.07) is 5.54. The third-order valence-electron chi connectivity index (χ3n) is 7.74. The molecule has 2 aromatic rings. The zero-order valence-corrected chi connectivity index (χ0v) is 21.0. The summed E-state index contributed by atoms with van der Waals surface area (Å²) in [5, 5.41) is 5.55. The lowest BCUT2D eigenvalue weighted by Crippen LogP contribution is -2.36. The molecule has 0 aromatic carbocycles. The molecule has 1 aliphatic carbocycles. The van der Waals surface area contributed by atoms with Gasteiger partial charge in [0, 0.05) is 73.7 Å². The highest BCUT2D eigenvalue weighted by atomic mass is 32.2. The summed E-state index contributed by atoms with van der Waals surface area (Å²) in [6.45, 7) is 4.04. The fraction of sp³-hybridized carbons (Fsp3) is 0.538. The molecule has 5 heterocycles. The summed E-state index contributed by atoms with van der Waals surface area (Å²) in [5.41, 5.74) is 2.13. The van der Waals surface area contributed by atoms with E-state index in [1.165, 1.54) is 0 Å². The van der Waals surface area contributed by atoms with E-state index in [1.807, 2.05) is 21.9 Å². The minimum Gasteiger partial charge on any atom is -0.474 e. The van der Waals surface area contributed by atoms with E-state index in [4.69, 9.17) is 14.6 Å². The van der Waals surface area contributed by atoms with Gasteiger partial charge in [-0.25, -0.2) is 9.97 Å². The van der Waals surface area contributed by atoms with Crippen LogP contribution in [0, 0.1) is 11.8 Å². The number of nitrogens with two attached hydrogens (primary N) is 1. The number of aromatic nitrogens is 2. The maximum Gasteiger partial charge on any atom is 0.272 e. The van der Waals surface area contributed by atoms with E-state index in [0.29, 0.717) is 49.2 Å². The van der Waals surface area contributed by atoms with Crippen LogP contribution < -0.4 is 9.88 Å². The van der Waals surface area contributed by atoms with Crippen molar-refractivity contribution in [3.05, 3.63) is 47.4 Å². The maximum atomic E-state index is 13.4. The Labute approximate surface area is 214 Å². The molecule has 6 rings (SSSR count). The molecule has 3 aliphatic heterocycles. The van der Waals surface area contributed by atoms with Gasteiger partial charge in [0.1, 0.15) is 11.8 Å². The molecule has 0 spiro atoms. The van der Waals surface area contributed by atoms with Crippen LogP contribution in [-0.4, -0.2) is 77.1 Å². The van der Waals surface area contributed by atoms with Gasteiger partial charge in [-0.05, 0) is 48.9 Å². The Kier molecular flexibility index (Phi) is 6.57. The summed E-state index contributed by atoms with van der Waals surface area (Å²) >= 11 is 1.11. The fourth-order valence-electron chi connectivity index (χ4n) is 5.57. The van der Waals surface area contributed by atoms with Crippen LogP contribution in [0.25, 0.3) is 0 Å². The second-order valence-electron chi connectivity index (χ2n) is 10.3. The Morgan fingerprint density at radius 1 is 0.944 bits per heavy atom. The SMILES string of the molecule is NSc1ccc(C(=O)N2CC3CN(C(=O)c4cnc(OC5CCOCC5)c(C5CC5)c4)CC3C2)nc1. The average molecular weight is 510 g/mol. The number of pyridine rings is 2. The van der Waals surface area contributed by atoms with E-state index < -0.39 is 0 Å². The Morgan fingerprint density at radius 3 is 2.25 bits per heavy atom. The highest BCUT2D eigenvalue weighted by Crippen LogP contribution is 2.44. The van der Waals surface area contributed by atoms with Crippen molar-refractivity contribution < 1.29 is 19.1 Å². The van der Waals surface area contributed by atoms with Crippen LogP contribution in [0.3, 0.4) is 0 Å². The molecular formula is C26H31N5O4S. The number of hydrogen-bond donors (Lipinski definition) is 1. The van der Waals surface area contributed by atoms with Crippen molar-refractivity contribution in [3.8, 4) is 5.88 Å². The number of nitrogens with zero attached hydrogens (tertiary/aromatic N) is 4. The zero-order valence-electron chi connectivity index (χ0n) is 20.2. The van der Waals surface area contributed by atoms with Gasteiger partial charge in [0.15, 0.2) is 0 Å². The smallest absolute Gasteiger partial charge is 0.272 e. The van der Waals surface area contributed by atoms with Crippen molar-refractivity contribution in [2.45, 2.75) is 42.6 Å². The largest absolute Gasteiger partial charge is 0.474 e. The van der Waals surface area contributed by atoms with E-state index in [2.05, 4.69) is 9.97 Å². The van der Waals surface area contributed by atoms with Crippen LogP contribution in [0.15, 0.2) is 35.5 Å². The summed E-state index contributed by atoms with van der Waals surface area (Å²) < 4.78 is 11.7. The standard InChI is InChI=1S/C26H31N5O4S/c27-36-21-3-4-23(28-11-21)26(33)31-14-18-12-30(13-19(18)15-31)25(32)17-9-22(16-1-2-16)24(29-10-17)35-20-5-7-34-8-6-20/h3-4,9-11,16,18-20H,1-2,5-8,12-15,27H2. The molecule has 4 fully saturated rings. The highest BCUT2D eigenvalue weighted by Gasteiger charge is 2.43. The predicted octanol–water partition coefficient (Wildman–Crippen LogP) is 2.72. The van der Waals surface area contributed by atoms with E-state index in [9.17, 15) is 9.59 Å². The third-order valence-corrected chi connectivity index (χ3v) is 8.26. The minimum atomic E-state index is -0.0609. The second-order valence-corrected chi connectivity index (χ2v) is 11.0. The molecule has 190 valence electrons. The molecule has 2 aromatic heterocycles. The van der Waals surface area contributed by atoms with E-state index in [1.54, 1.807) is 18.5 Å². The molecule has 10 heteroatoms. The van der Waals surface area contributed by atoms with Crippen LogP contribution >= 0.6 is 11.9 Å². The second kappa shape index (κ2) is 9.99. The Bertz CT molecular complexity index is 1120. The van der Waals surface area contributed by atoms with Crippen molar-refractivity contribution in [2.75, 3.05) is 39.4 Å². The number of rotatable bonds is 6. The first-order chi connectivity index (χ1) is 17.6.